The Morgan fingerprint density at radius 1 is 1.40 bits per heavy atom. The van der Waals surface area contributed by atoms with E-state index in [0.717, 1.165) is 6.26 Å². The summed E-state index contributed by atoms with van der Waals surface area (Å²) >= 11 is 0. The topological polar surface area (TPSA) is 101 Å². The third-order valence-electron chi connectivity index (χ3n) is 3.52. The van der Waals surface area contributed by atoms with Crippen LogP contribution in [0.25, 0.3) is 0 Å². The Kier molecular flexibility index (Phi) is 3.51. The van der Waals surface area contributed by atoms with Crippen LogP contribution < -0.4 is 5.73 Å². The van der Waals surface area contributed by atoms with Crippen LogP contribution in [0.15, 0.2) is 23.1 Å². The Morgan fingerprint density at radius 2 is 2.00 bits per heavy atom. The highest BCUT2D eigenvalue weighted by molar-refractivity contribution is 7.90. The van der Waals surface area contributed by atoms with Crippen molar-refractivity contribution in [2.75, 3.05) is 25.1 Å². The molecule has 0 radical (unpaired) electrons. The number of carbonyl (C=O) groups excluding carboxylic acids is 1. The highest BCUT2D eigenvalue weighted by Gasteiger charge is 2.42. The Hall–Kier alpha value is -1.60. The van der Waals surface area contributed by atoms with Gasteiger partial charge in [0.15, 0.2) is 9.84 Å². The molecular weight excluding hydrogens is 280 g/mol. The molecule has 20 heavy (non-hydrogen) atoms. The number of likely N-dealkylation sites (tertiary alicyclic amines) is 1. The van der Waals surface area contributed by atoms with Crippen molar-refractivity contribution in [2.24, 2.45) is 0 Å². The summed E-state index contributed by atoms with van der Waals surface area (Å²) in [5.74, 6) is -0.319. The third-order valence-corrected chi connectivity index (χ3v) is 4.61. The molecule has 3 N–H and O–H groups in total. The van der Waals surface area contributed by atoms with Crippen LogP contribution in [0.5, 0.6) is 0 Å². The molecular formula is C13H18N2O4S. The summed E-state index contributed by atoms with van der Waals surface area (Å²) in [7, 11) is -3.42. The van der Waals surface area contributed by atoms with Crippen LogP contribution in [0.3, 0.4) is 0 Å². The van der Waals surface area contributed by atoms with Crippen LogP contribution in [0.4, 0.5) is 5.69 Å². The standard InChI is InChI=1S/C13H18N2O4S/c1-3-13(17)7-15(8-13)12(16)9-4-10(14)6-11(5-9)20(2,18)19/h4-6,17H,3,7-8,14H2,1-2H3. The summed E-state index contributed by atoms with van der Waals surface area (Å²) in [4.78, 5) is 13.7. The molecule has 1 aromatic rings. The number of benzene rings is 1. The minimum absolute atomic E-state index is 0.0205. The number of sulfone groups is 1. The molecule has 7 heteroatoms. The molecule has 0 saturated carbocycles. The predicted octanol–water partition coefficient (Wildman–Crippen LogP) is 0.269. The van der Waals surface area contributed by atoms with Gasteiger partial charge in [-0.05, 0) is 24.6 Å². The number of β-amino-alcohol motifs (C(OH)–C–C–N with tert-alkyl or cyclic N) is 1. The zero-order valence-electron chi connectivity index (χ0n) is 11.5. The predicted molar refractivity (Wildman–Crippen MR) is 75.1 cm³/mol. The van der Waals surface area contributed by atoms with Gasteiger partial charge in [0.25, 0.3) is 5.91 Å². The van der Waals surface area contributed by atoms with Gasteiger partial charge in [0.1, 0.15) is 0 Å². The first kappa shape index (κ1) is 14.8. The van der Waals surface area contributed by atoms with Crippen molar-refractivity contribution in [3.8, 4) is 0 Å². The molecule has 1 saturated heterocycles. The maximum absolute atomic E-state index is 12.2. The number of hydrogen-bond acceptors (Lipinski definition) is 5. The van der Waals surface area contributed by atoms with Crippen molar-refractivity contribution in [3.05, 3.63) is 23.8 Å². The molecule has 6 nitrogen and oxygen atoms in total. The Morgan fingerprint density at radius 3 is 2.50 bits per heavy atom. The lowest BCUT2D eigenvalue weighted by molar-refractivity contribution is -0.0826. The average molecular weight is 298 g/mol. The van der Waals surface area contributed by atoms with Gasteiger partial charge in [-0.1, -0.05) is 6.92 Å². The van der Waals surface area contributed by atoms with Gasteiger partial charge in [0, 0.05) is 17.5 Å². The second-order valence-corrected chi connectivity index (χ2v) is 7.32. The van der Waals surface area contributed by atoms with Crippen LogP contribution >= 0.6 is 0 Å². The van der Waals surface area contributed by atoms with Gasteiger partial charge in [-0.15, -0.1) is 0 Å². The van der Waals surface area contributed by atoms with E-state index in [2.05, 4.69) is 0 Å². The van der Waals surface area contributed by atoms with E-state index in [0.29, 0.717) is 6.42 Å². The van der Waals surface area contributed by atoms with Crippen molar-refractivity contribution in [2.45, 2.75) is 23.8 Å². The van der Waals surface area contributed by atoms with Crippen LogP contribution in [0, 0.1) is 0 Å². The molecule has 1 aliphatic heterocycles. The second kappa shape index (κ2) is 4.75. The highest BCUT2D eigenvalue weighted by Crippen LogP contribution is 2.27. The largest absolute Gasteiger partial charge is 0.399 e. The smallest absolute Gasteiger partial charge is 0.254 e. The van der Waals surface area contributed by atoms with Crippen molar-refractivity contribution in [3.63, 3.8) is 0 Å². The fourth-order valence-electron chi connectivity index (χ4n) is 2.17. The lowest BCUT2D eigenvalue weighted by atomic mass is 9.90. The lowest BCUT2D eigenvalue weighted by Gasteiger charge is -2.46. The minimum atomic E-state index is -3.42. The zero-order valence-corrected chi connectivity index (χ0v) is 12.3. The van der Waals surface area contributed by atoms with Gasteiger partial charge < -0.3 is 15.7 Å². The minimum Gasteiger partial charge on any atom is -0.399 e. The fraction of sp³-hybridized carbons (Fsp3) is 0.462. The quantitative estimate of drug-likeness (QED) is 0.780. The molecule has 1 fully saturated rings. The van der Waals surface area contributed by atoms with Gasteiger partial charge >= 0.3 is 0 Å². The molecule has 110 valence electrons. The summed E-state index contributed by atoms with van der Waals surface area (Å²) in [6, 6.07) is 4.09. The number of nitrogens with zero attached hydrogens (tertiary/aromatic N) is 1. The molecule has 0 spiro atoms. The molecule has 1 aromatic carbocycles. The van der Waals surface area contributed by atoms with Crippen molar-refractivity contribution in [1.29, 1.82) is 0 Å². The summed E-state index contributed by atoms with van der Waals surface area (Å²) in [6.07, 6.45) is 1.64. The van der Waals surface area contributed by atoms with Crippen molar-refractivity contribution in [1.82, 2.24) is 4.90 Å². The normalized spacial score (nSPS) is 17.6. The molecule has 1 amide bonds. The van der Waals surface area contributed by atoms with Gasteiger partial charge in [0.05, 0.1) is 23.6 Å². The van der Waals surface area contributed by atoms with Gasteiger partial charge in [-0.3, -0.25) is 4.79 Å². The monoisotopic (exact) mass is 298 g/mol. The maximum Gasteiger partial charge on any atom is 0.254 e. The van der Waals surface area contributed by atoms with Crippen LogP contribution in [0.2, 0.25) is 0 Å². The van der Waals surface area contributed by atoms with E-state index in [1.54, 1.807) is 0 Å². The number of hydrogen-bond donors (Lipinski definition) is 2. The number of rotatable bonds is 3. The fourth-order valence-corrected chi connectivity index (χ4v) is 2.86. The summed E-state index contributed by atoms with van der Waals surface area (Å²) in [6.45, 7) is 2.36. The Labute approximate surface area is 118 Å². The van der Waals surface area contributed by atoms with E-state index < -0.39 is 15.4 Å². The molecule has 0 unspecified atom stereocenters. The Bertz CT molecular complexity index is 648. The zero-order chi connectivity index (χ0) is 15.1. The van der Waals surface area contributed by atoms with E-state index in [9.17, 15) is 18.3 Å². The van der Waals surface area contributed by atoms with Crippen LogP contribution in [-0.2, 0) is 9.84 Å². The van der Waals surface area contributed by atoms with E-state index in [1.165, 1.54) is 23.1 Å². The molecule has 0 atom stereocenters. The number of anilines is 1. The van der Waals surface area contributed by atoms with E-state index >= 15 is 0 Å². The molecule has 1 aliphatic rings. The van der Waals surface area contributed by atoms with Gasteiger partial charge in [0.2, 0.25) is 0 Å². The number of nitrogens with two attached hydrogens (primary N) is 1. The van der Waals surface area contributed by atoms with Gasteiger partial charge in [-0.2, -0.15) is 0 Å². The second-order valence-electron chi connectivity index (χ2n) is 5.30. The first-order chi connectivity index (χ1) is 9.14. The van der Waals surface area contributed by atoms with Gasteiger partial charge in [-0.25, -0.2) is 8.42 Å². The summed E-state index contributed by atoms with van der Waals surface area (Å²) < 4.78 is 23.1. The molecule has 2 rings (SSSR count). The van der Waals surface area contributed by atoms with E-state index in [-0.39, 0.29) is 35.1 Å². The molecule has 0 aromatic heterocycles. The maximum atomic E-state index is 12.2. The average Bonchev–Trinajstić information content (AvgIpc) is 2.32. The molecule has 1 heterocycles. The Balaban J connectivity index is 2.26. The highest BCUT2D eigenvalue weighted by atomic mass is 32.2. The third kappa shape index (κ3) is 2.78. The molecule has 0 aliphatic carbocycles. The summed E-state index contributed by atoms with van der Waals surface area (Å²) in [5, 5.41) is 9.91. The number of nitrogen functional groups attached to an aromatic ring is 1. The lowest BCUT2D eigenvalue weighted by Crippen LogP contribution is -2.63. The van der Waals surface area contributed by atoms with E-state index in [1.807, 2.05) is 6.92 Å². The van der Waals surface area contributed by atoms with Crippen molar-refractivity contribution < 1.29 is 18.3 Å². The summed E-state index contributed by atoms with van der Waals surface area (Å²) in [5.41, 5.74) is 5.27. The SMILES string of the molecule is CCC1(O)CN(C(=O)c2cc(N)cc(S(C)(=O)=O)c2)C1. The van der Waals surface area contributed by atoms with Crippen LogP contribution in [0.1, 0.15) is 23.7 Å². The van der Waals surface area contributed by atoms with E-state index in [4.69, 9.17) is 5.73 Å². The number of aliphatic hydroxyl groups is 1. The first-order valence-electron chi connectivity index (χ1n) is 6.27. The van der Waals surface area contributed by atoms with Crippen LogP contribution in [-0.4, -0.2) is 49.3 Å². The molecule has 0 bridgehead atoms. The first-order valence-corrected chi connectivity index (χ1v) is 8.16. The number of amides is 1. The number of carbonyl (C=O) groups is 1. The van der Waals surface area contributed by atoms with Crippen molar-refractivity contribution >= 4 is 21.4 Å².